The molecule has 0 aliphatic rings. The van der Waals surface area contributed by atoms with Gasteiger partial charge in [-0.3, -0.25) is 9.27 Å². The maximum atomic E-state index is 11.9. The summed E-state index contributed by atoms with van der Waals surface area (Å²) in [6, 6.07) is 21.1. The van der Waals surface area contributed by atoms with Crippen LogP contribution in [0.1, 0.15) is 6.92 Å². The standard InChI is InChI=1S/C22H21N3O3S.CH4O3S/c1-3-29(26,27)25-15-12-13-20(21(14-15)28-2)24-22-16-8-4-6-10-18(16)23-19-11-7-5-9-17(19)22;1-5(2,3)4/h4-14,25H,3H2,1-2H3,(H,23,24);1H3,(H,2,3,4). The predicted octanol–water partition coefficient (Wildman–Crippen LogP) is 4.41. The molecule has 1 aromatic heterocycles. The maximum Gasteiger partial charge on any atom is 0.261 e. The Hall–Kier alpha value is -3.41. The molecule has 0 amide bonds. The van der Waals surface area contributed by atoms with Crippen LogP contribution in [0.3, 0.4) is 0 Å². The van der Waals surface area contributed by atoms with E-state index in [4.69, 9.17) is 14.3 Å². The smallest absolute Gasteiger partial charge is 0.261 e. The van der Waals surface area contributed by atoms with E-state index in [0.717, 1.165) is 33.2 Å². The van der Waals surface area contributed by atoms with Crippen molar-refractivity contribution < 1.29 is 26.1 Å². The highest BCUT2D eigenvalue weighted by atomic mass is 32.2. The zero-order valence-corrected chi connectivity index (χ0v) is 20.4. The number of pyridine rings is 1. The molecule has 4 rings (SSSR count). The molecule has 0 aliphatic heterocycles. The SMILES string of the molecule is CCS(=O)(=O)Nc1ccc(Nc2c3ccccc3nc3ccccc23)c(OC)c1.CS(=O)(=O)O. The van der Waals surface area contributed by atoms with Gasteiger partial charge in [0.1, 0.15) is 5.75 Å². The van der Waals surface area contributed by atoms with E-state index in [9.17, 15) is 16.8 Å². The lowest BCUT2D eigenvalue weighted by Crippen LogP contribution is -2.14. The van der Waals surface area contributed by atoms with E-state index in [1.54, 1.807) is 32.2 Å². The van der Waals surface area contributed by atoms with Gasteiger partial charge in [0.25, 0.3) is 10.1 Å². The van der Waals surface area contributed by atoms with Crippen molar-refractivity contribution in [2.24, 2.45) is 0 Å². The van der Waals surface area contributed by atoms with Crippen LogP contribution in [0.5, 0.6) is 5.75 Å². The molecule has 3 N–H and O–H groups in total. The number of aromatic nitrogens is 1. The van der Waals surface area contributed by atoms with Crippen LogP contribution in [-0.2, 0) is 20.1 Å². The summed E-state index contributed by atoms with van der Waals surface area (Å²) in [6.45, 7) is 1.59. The topological polar surface area (TPSA) is 135 Å². The molecule has 1 heterocycles. The van der Waals surface area contributed by atoms with Crippen LogP contribution in [0.25, 0.3) is 21.8 Å². The number of hydrogen-bond acceptors (Lipinski definition) is 7. The first-order valence-electron chi connectivity index (χ1n) is 10.2. The monoisotopic (exact) mass is 503 g/mol. The molecule has 11 heteroatoms. The van der Waals surface area contributed by atoms with Gasteiger partial charge >= 0.3 is 0 Å². The highest BCUT2D eigenvalue weighted by molar-refractivity contribution is 7.92. The molecule has 0 fully saturated rings. The van der Waals surface area contributed by atoms with E-state index >= 15 is 0 Å². The predicted molar refractivity (Wildman–Crippen MR) is 136 cm³/mol. The van der Waals surface area contributed by atoms with Crippen molar-refractivity contribution in [3.05, 3.63) is 66.7 Å². The van der Waals surface area contributed by atoms with Gasteiger partial charge in [-0.2, -0.15) is 8.42 Å². The minimum absolute atomic E-state index is 0.00428. The molecule has 0 radical (unpaired) electrons. The number of ether oxygens (including phenoxy) is 1. The van der Waals surface area contributed by atoms with E-state index < -0.39 is 20.1 Å². The summed E-state index contributed by atoms with van der Waals surface area (Å²) in [6.07, 6.45) is 0.715. The average molecular weight is 504 g/mol. The Labute approximate surface area is 198 Å². The summed E-state index contributed by atoms with van der Waals surface area (Å²) >= 11 is 0. The summed E-state index contributed by atoms with van der Waals surface area (Å²) < 4.78 is 57.7. The number of nitrogens with one attached hydrogen (secondary N) is 2. The Morgan fingerprint density at radius 1 is 0.912 bits per heavy atom. The van der Waals surface area contributed by atoms with Crippen LogP contribution in [0, 0.1) is 0 Å². The highest BCUT2D eigenvalue weighted by Crippen LogP contribution is 2.37. The quantitative estimate of drug-likeness (QED) is 0.260. The van der Waals surface area contributed by atoms with Crippen LogP contribution in [0.15, 0.2) is 66.7 Å². The van der Waals surface area contributed by atoms with Crippen molar-refractivity contribution in [3.8, 4) is 5.75 Å². The van der Waals surface area contributed by atoms with Crippen molar-refractivity contribution >= 4 is 59.0 Å². The molecule has 0 aliphatic carbocycles. The van der Waals surface area contributed by atoms with E-state index in [1.165, 1.54) is 0 Å². The molecule has 180 valence electrons. The molecule has 0 bridgehead atoms. The number of benzene rings is 3. The fraction of sp³-hybridized carbons (Fsp3) is 0.174. The fourth-order valence-corrected chi connectivity index (χ4v) is 3.85. The third kappa shape index (κ3) is 6.56. The highest BCUT2D eigenvalue weighted by Gasteiger charge is 2.13. The third-order valence-corrected chi connectivity index (χ3v) is 6.01. The Morgan fingerprint density at radius 3 is 1.94 bits per heavy atom. The lowest BCUT2D eigenvalue weighted by atomic mass is 10.1. The van der Waals surface area contributed by atoms with Gasteiger partial charge in [0.15, 0.2) is 0 Å². The molecule has 3 aromatic carbocycles. The van der Waals surface area contributed by atoms with E-state index in [1.807, 2.05) is 48.5 Å². The fourth-order valence-electron chi connectivity index (χ4n) is 3.22. The van der Waals surface area contributed by atoms with Crippen molar-refractivity contribution in [1.29, 1.82) is 0 Å². The summed E-state index contributed by atoms with van der Waals surface area (Å²) in [5, 5.41) is 5.45. The number of methoxy groups -OCH3 is 1. The van der Waals surface area contributed by atoms with Crippen LogP contribution in [0.2, 0.25) is 0 Å². The Kier molecular flexibility index (Phi) is 7.60. The van der Waals surface area contributed by atoms with Gasteiger partial charge in [-0.1, -0.05) is 36.4 Å². The van der Waals surface area contributed by atoms with Gasteiger partial charge in [-0.25, -0.2) is 13.4 Å². The molecule has 0 unspecified atom stereocenters. The molecule has 34 heavy (non-hydrogen) atoms. The average Bonchev–Trinajstić information content (AvgIpc) is 2.78. The van der Waals surface area contributed by atoms with E-state index in [-0.39, 0.29) is 5.75 Å². The number of rotatable bonds is 6. The molecule has 0 spiro atoms. The molecule has 0 atom stereocenters. The third-order valence-electron chi connectivity index (χ3n) is 4.70. The number of anilines is 3. The zero-order chi connectivity index (χ0) is 24.9. The number of para-hydroxylation sites is 2. The van der Waals surface area contributed by atoms with Crippen LogP contribution in [0.4, 0.5) is 17.1 Å². The van der Waals surface area contributed by atoms with Gasteiger partial charge < -0.3 is 10.1 Å². The van der Waals surface area contributed by atoms with Crippen molar-refractivity contribution in [1.82, 2.24) is 4.98 Å². The Balaban J connectivity index is 0.000000588. The molecular weight excluding hydrogens is 478 g/mol. The number of sulfonamides is 1. The lowest BCUT2D eigenvalue weighted by Gasteiger charge is -2.16. The molecule has 0 saturated heterocycles. The largest absolute Gasteiger partial charge is 0.494 e. The normalized spacial score (nSPS) is 11.5. The van der Waals surface area contributed by atoms with Crippen molar-refractivity contribution in [3.63, 3.8) is 0 Å². The van der Waals surface area contributed by atoms with Crippen LogP contribution >= 0.6 is 0 Å². The van der Waals surface area contributed by atoms with Crippen LogP contribution < -0.4 is 14.8 Å². The Morgan fingerprint density at radius 2 is 1.44 bits per heavy atom. The Bertz CT molecular complexity index is 1480. The number of nitrogens with zero attached hydrogens (tertiary/aromatic N) is 1. The molecule has 4 aromatic rings. The van der Waals surface area contributed by atoms with Crippen molar-refractivity contribution in [2.75, 3.05) is 29.2 Å². The minimum Gasteiger partial charge on any atom is -0.494 e. The van der Waals surface area contributed by atoms with Gasteiger partial charge in [0.05, 0.1) is 47.2 Å². The van der Waals surface area contributed by atoms with Gasteiger partial charge in [-0.05, 0) is 31.2 Å². The van der Waals surface area contributed by atoms with Gasteiger partial charge in [0, 0.05) is 16.8 Å². The first-order valence-corrected chi connectivity index (χ1v) is 13.7. The van der Waals surface area contributed by atoms with Gasteiger partial charge in [0.2, 0.25) is 10.0 Å². The van der Waals surface area contributed by atoms with E-state index in [2.05, 4.69) is 10.0 Å². The zero-order valence-electron chi connectivity index (χ0n) is 18.8. The van der Waals surface area contributed by atoms with Gasteiger partial charge in [-0.15, -0.1) is 0 Å². The number of fused-ring (bicyclic) bond motifs is 2. The first-order chi connectivity index (χ1) is 16.0. The second-order valence-corrected chi connectivity index (χ2v) is 10.8. The minimum atomic E-state index is -3.67. The maximum absolute atomic E-state index is 11.9. The summed E-state index contributed by atoms with van der Waals surface area (Å²) in [5.41, 5.74) is 3.89. The summed E-state index contributed by atoms with van der Waals surface area (Å²) in [7, 11) is -5.47. The van der Waals surface area contributed by atoms with E-state index in [0.29, 0.717) is 17.7 Å². The lowest BCUT2D eigenvalue weighted by molar-refractivity contribution is 0.417. The molecule has 9 nitrogen and oxygen atoms in total. The second-order valence-electron chi connectivity index (χ2n) is 7.30. The molecule has 0 saturated carbocycles. The van der Waals surface area contributed by atoms with Crippen molar-refractivity contribution in [2.45, 2.75) is 6.92 Å². The number of hydrogen-bond donors (Lipinski definition) is 3. The summed E-state index contributed by atoms with van der Waals surface area (Å²) in [5.74, 6) is 0.538. The first kappa shape index (κ1) is 25.2. The second kappa shape index (κ2) is 10.2. The molecular formula is C23H25N3O6S2. The summed E-state index contributed by atoms with van der Waals surface area (Å²) in [4.78, 5) is 4.74. The van der Waals surface area contributed by atoms with Crippen LogP contribution in [-0.4, -0.2) is 45.5 Å².